The second-order valence-electron chi connectivity index (χ2n) is 6.09. The topological polar surface area (TPSA) is 60.9 Å². The number of aromatic nitrogens is 2. The average molecular weight is 328 g/mol. The quantitative estimate of drug-likeness (QED) is 0.621. The van der Waals surface area contributed by atoms with E-state index in [2.05, 4.69) is 28.6 Å². The van der Waals surface area contributed by atoms with Crippen molar-refractivity contribution in [2.24, 2.45) is 5.73 Å². The van der Waals surface area contributed by atoms with Gasteiger partial charge in [-0.3, -0.25) is 9.78 Å². The molecule has 0 aliphatic rings. The van der Waals surface area contributed by atoms with E-state index < -0.39 is 5.91 Å². The van der Waals surface area contributed by atoms with Crippen molar-refractivity contribution in [2.45, 2.75) is 19.9 Å². The fourth-order valence-electron chi connectivity index (χ4n) is 3.33. The minimum atomic E-state index is -0.421. The number of primary amides is 1. The molecule has 2 aromatic heterocycles. The highest BCUT2D eigenvalue weighted by molar-refractivity contribution is 6.17. The molecule has 4 heteroatoms. The summed E-state index contributed by atoms with van der Waals surface area (Å²) in [5, 5.41) is 1.79. The molecule has 1 radical (unpaired) electrons. The number of carbonyl (C=O) groups excluding carboxylic acids is 1. The largest absolute Gasteiger partial charge is 0.366 e. The molecule has 0 saturated carbocycles. The van der Waals surface area contributed by atoms with Gasteiger partial charge in [-0.1, -0.05) is 25.1 Å². The van der Waals surface area contributed by atoms with E-state index in [0.717, 1.165) is 33.9 Å². The van der Waals surface area contributed by atoms with Gasteiger partial charge in [-0.2, -0.15) is 0 Å². The van der Waals surface area contributed by atoms with E-state index in [-0.39, 0.29) is 0 Å². The summed E-state index contributed by atoms with van der Waals surface area (Å²) in [6.45, 7) is 2.75. The predicted octanol–water partition coefficient (Wildman–Crippen LogP) is 3.70. The van der Waals surface area contributed by atoms with Crippen LogP contribution in [-0.4, -0.2) is 15.5 Å². The first-order valence-electron chi connectivity index (χ1n) is 8.34. The van der Waals surface area contributed by atoms with Gasteiger partial charge in [0.2, 0.25) is 5.91 Å². The molecule has 0 unspecified atom stereocenters. The molecule has 123 valence electrons. The van der Waals surface area contributed by atoms with E-state index >= 15 is 0 Å². The van der Waals surface area contributed by atoms with Gasteiger partial charge in [-0.15, -0.1) is 0 Å². The number of hydrogen-bond acceptors (Lipinski definition) is 2. The zero-order valence-corrected chi connectivity index (χ0v) is 14.0. The van der Waals surface area contributed by atoms with Gasteiger partial charge in [-0.05, 0) is 48.4 Å². The molecule has 4 nitrogen and oxygen atoms in total. The van der Waals surface area contributed by atoms with Crippen LogP contribution in [0, 0.1) is 6.07 Å². The van der Waals surface area contributed by atoms with Gasteiger partial charge in [0.25, 0.3) is 0 Å². The normalized spacial score (nSPS) is 11.2. The molecule has 2 N–H and O–H groups in total. The standard InChI is InChI=1S/C21H18N3O/c1-2-14-9-10-16-19(12-14)24(13-15-6-3-4-11-23-15)18-8-5-7-17(20(16)18)21(22)25/h3-9,11-12H,2,13H2,1H3,(H2,22,25). The Morgan fingerprint density at radius 2 is 2.08 bits per heavy atom. The van der Waals surface area contributed by atoms with Crippen LogP contribution in [0.4, 0.5) is 0 Å². The molecule has 0 fully saturated rings. The van der Waals surface area contributed by atoms with Crippen LogP contribution in [0.3, 0.4) is 0 Å². The number of hydrogen-bond donors (Lipinski definition) is 1. The Labute approximate surface area is 145 Å². The molecule has 2 heterocycles. The van der Waals surface area contributed by atoms with Gasteiger partial charge >= 0.3 is 0 Å². The molecule has 4 aromatic rings. The lowest BCUT2D eigenvalue weighted by Gasteiger charge is -2.08. The number of benzene rings is 2. The number of aryl methyl sites for hydroxylation is 1. The SMILES string of the molecule is CCc1c[c]c2c3c(C(N)=O)cccc3n(Cc3ccccn3)c2c1. The fourth-order valence-corrected chi connectivity index (χ4v) is 3.33. The number of rotatable bonds is 4. The van der Waals surface area contributed by atoms with Crippen molar-refractivity contribution in [3.8, 4) is 0 Å². The number of nitrogens with two attached hydrogens (primary N) is 1. The lowest BCUT2D eigenvalue weighted by molar-refractivity contribution is 0.100. The molecule has 0 saturated heterocycles. The lowest BCUT2D eigenvalue weighted by Crippen LogP contribution is -2.11. The zero-order chi connectivity index (χ0) is 17.4. The van der Waals surface area contributed by atoms with Crippen molar-refractivity contribution in [1.29, 1.82) is 0 Å². The molecule has 4 rings (SSSR count). The van der Waals surface area contributed by atoms with Crippen molar-refractivity contribution >= 4 is 27.7 Å². The highest BCUT2D eigenvalue weighted by Gasteiger charge is 2.17. The Bertz CT molecular complexity index is 1080. The van der Waals surface area contributed by atoms with E-state index in [1.165, 1.54) is 5.56 Å². The maximum absolute atomic E-state index is 11.9. The second kappa shape index (κ2) is 6.06. The summed E-state index contributed by atoms with van der Waals surface area (Å²) in [7, 11) is 0. The number of pyridine rings is 1. The number of carbonyl (C=O) groups is 1. The third-order valence-electron chi connectivity index (χ3n) is 4.57. The third-order valence-corrected chi connectivity index (χ3v) is 4.57. The van der Waals surface area contributed by atoms with Crippen LogP contribution in [0.2, 0.25) is 0 Å². The van der Waals surface area contributed by atoms with E-state index in [1.54, 1.807) is 12.3 Å². The summed E-state index contributed by atoms with van der Waals surface area (Å²) in [6, 6.07) is 19.1. The van der Waals surface area contributed by atoms with Crippen molar-refractivity contribution in [3.05, 3.63) is 77.6 Å². The zero-order valence-electron chi connectivity index (χ0n) is 14.0. The van der Waals surface area contributed by atoms with Crippen molar-refractivity contribution < 1.29 is 4.79 Å². The van der Waals surface area contributed by atoms with E-state index in [9.17, 15) is 4.79 Å². The molecule has 0 aliphatic carbocycles. The smallest absolute Gasteiger partial charge is 0.249 e. The lowest BCUT2D eigenvalue weighted by atomic mass is 10.0. The number of nitrogens with zero attached hydrogens (tertiary/aromatic N) is 2. The first kappa shape index (κ1) is 15.4. The van der Waals surface area contributed by atoms with Gasteiger partial charge in [0.05, 0.1) is 23.3 Å². The van der Waals surface area contributed by atoms with Gasteiger partial charge in [-0.25, -0.2) is 0 Å². The number of fused-ring (bicyclic) bond motifs is 3. The summed E-state index contributed by atoms with van der Waals surface area (Å²) >= 11 is 0. The van der Waals surface area contributed by atoms with Crippen LogP contribution in [0.25, 0.3) is 21.8 Å². The average Bonchev–Trinajstić information content (AvgIpc) is 2.95. The van der Waals surface area contributed by atoms with Gasteiger partial charge in [0, 0.05) is 22.5 Å². The Morgan fingerprint density at radius 3 is 2.80 bits per heavy atom. The van der Waals surface area contributed by atoms with Gasteiger partial charge in [0.1, 0.15) is 0 Å². The second-order valence-corrected chi connectivity index (χ2v) is 6.09. The van der Waals surface area contributed by atoms with Crippen LogP contribution in [0.1, 0.15) is 28.5 Å². The Hall–Kier alpha value is -3.14. The van der Waals surface area contributed by atoms with Gasteiger partial charge in [0.15, 0.2) is 0 Å². The predicted molar refractivity (Wildman–Crippen MR) is 99.5 cm³/mol. The molecule has 0 aliphatic heterocycles. The first-order valence-corrected chi connectivity index (χ1v) is 8.34. The number of amides is 1. The maximum Gasteiger partial charge on any atom is 0.249 e. The van der Waals surface area contributed by atoms with E-state index in [4.69, 9.17) is 5.73 Å². The molecule has 2 aromatic carbocycles. The summed E-state index contributed by atoms with van der Waals surface area (Å²) in [6.07, 6.45) is 2.72. The molecular weight excluding hydrogens is 310 g/mol. The molecule has 1 amide bonds. The Balaban J connectivity index is 2.07. The van der Waals surface area contributed by atoms with Crippen molar-refractivity contribution in [2.75, 3.05) is 0 Å². The van der Waals surface area contributed by atoms with Crippen molar-refractivity contribution in [1.82, 2.24) is 9.55 Å². The van der Waals surface area contributed by atoms with Crippen LogP contribution < -0.4 is 5.73 Å². The molecule has 0 atom stereocenters. The minimum absolute atomic E-state index is 0.421. The monoisotopic (exact) mass is 328 g/mol. The Morgan fingerprint density at radius 1 is 1.20 bits per heavy atom. The van der Waals surface area contributed by atoms with Crippen molar-refractivity contribution in [3.63, 3.8) is 0 Å². The van der Waals surface area contributed by atoms with Crippen LogP contribution in [-0.2, 0) is 13.0 Å². The summed E-state index contributed by atoms with van der Waals surface area (Å²) < 4.78 is 2.19. The minimum Gasteiger partial charge on any atom is -0.366 e. The van der Waals surface area contributed by atoms with Crippen LogP contribution in [0.5, 0.6) is 0 Å². The van der Waals surface area contributed by atoms with Crippen LogP contribution >= 0.6 is 0 Å². The highest BCUT2D eigenvalue weighted by atomic mass is 16.1. The fraction of sp³-hybridized carbons (Fsp3) is 0.143. The van der Waals surface area contributed by atoms with E-state index in [0.29, 0.717) is 12.1 Å². The molecular formula is C21H18N3O. The molecule has 0 spiro atoms. The molecule has 0 bridgehead atoms. The van der Waals surface area contributed by atoms with Crippen LogP contribution in [0.15, 0.2) is 54.7 Å². The first-order chi connectivity index (χ1) is 12.2. The molecule has 25 heavy (non-hydrogen) atoms. The third kappa shape index (κ3) is 2.56. The summed E-state index contributed by atoms with van der Waals surface area (Å²) in [4.78, 5) is 16.4. The maximum atomic E-state index is 11.9. The summed E-state index contributed by atoms with van der Waals surface area (Å²) in [5.41, 5.74) is 10.3. The van der Waals surface area contributed by atoms with Gasteiger partial charge < -0.3 is 10.3 Å². The summed E-state index contributed by atoms with van der Waals surface area (Å²) in [5.74, 6) is -0.421. The highest BCUT2D eigenvalue weighted by Crippen LogP contribution is 2.32. The van der Waals surface area contributed by atoms with E-state index in [1.807, 2.05) is 36.4 Å². The Kier molecular flexibility index (Phi) is 3.73.